The Bertz CT molecular complexity index is 843. The highest BCUT2D eigenvalue weighted by molar-refractivity contribution is 8.00. The molecule has 1 unspecified atom stereocenters. The molecule has 1 N–H and O–H groups in total. The Morgan fingerprint density at radius 1 is 1.30 bits per heavy atom. The predicted octanol–water partition coefficient (Wildman–Crippen LogP) is 3.41. The standard InChI is InChI=1S/C16H14N4OS2/c1-10-14-15(11-5-4-8-22-11)23-9-13(21)18-16(14)20(19-10)12-6-2-3-7-17-12/h2-8,15H,9H2,1H3,(H,18,21). The number of fused-ring (bicyclic) bond motifs is 1. The highest BCUT2D eigenvalue weighted by Crippen LogP contribution is 2.44. The summed E-state index contributed by atoms with van der Waals surface area (Å²) in [5.41, 5.74) is 1.98. The molecule has 1 aliphatic rings. The lowest BCUT2D eigenvalue weighted by Crippen LogP contribution is -2.16. The van der Waals surface area contributed by atoms with Gasteiger partial charge >= 0.3 is 0 Å². The van der Waals surface area contributed by atoms with Crippen LogP contribution in [0.4, 0.5) is 5.82 Å². The molecule has 23 heavy (non-hydrogen) atoms. The van der Waals surface area contributed by atoms with E-state index in [1.165, 1.54) is 4.88 Å². The topological polar surface area (TPSA) is 59.8 Å². The van der Waals surface area contributed by atoms with Gasteiger partial charge in [-0.25, -0.2) is 4.98 Å². The first-order valence-corrected chi connectivity index (χ1v) is 9.12. The van der Waals surface area contributed by atoms with Crippen molar-refractivity contribution in [3.05, 3.63) is 58.0 Å². The Labute approximate surface area is 141 Å². The number of amides is 1. The largest absolute Gasteiger partial charge is 0.310 e. The number of rotatable bonds is 2. The van der Waals surface area contributed by atoms with E-state index < -0.39 is 0 Å². The van der Waals surface area contributed by atoms with Crippen molar-refractivity contribution in [1.29, 1.82) is 0 Å². The van der Waals surface area contributed by atoms with Gasteiger partial charge in [0.05, 0.1) is 16.7 Å². The van der Waals surface area contributed by atoms with Crippen LogP contribution in [0.25, 0.3) is 5.82 Å². The lowest BCUT2D eigenvalue weighted by atomic mass is 10.1. The van der Waals surface area contributed by atoms with E-state index >= 15 is 0 Å². The quantitative estimate of drug-likeness (QED) is 0.775. The summed E-state index contributed by atoms with van der Waals surface area (Å²) in [7, 11) is 0. The van der Waals surface area contributed by atoms with Crippen molar-refractivity contribution >= 4 is 34.8 Å². The maximum atomic E-state index is 12.2. The fraction of sp³-hybridized carbons (Fsp3) is 0.188. The first-order chi connectivity index (χ1) is 11.2. The minimum atomic E-state index is -0.00705. The van der Waals surface area contributed by atoms with Crippen LogP contribution in [0.15, 0.2) is 41.9 Å². The monoisotopic (exact) mass is 342 g/mol. The molecule has 0 saturated heterocycles. The molecule has 116 valence electrons. The van der Waals surface area contributed by atoms with Crippen molar-refractivity contribution in [3.63, 3.8) is 0 Å². The summed E-state index contributed by atoms with van der Waals surface area (Å²) in [5.74, 6) is 1.86. The fourth-order valence-corrected chi connectivity index (χ4v) is 4.86. The van der Waals surface area contributed by atoms with Crippen molar-refractivity contribution in [1.82, 2.24) is 14.8 Å². The maximum Gasteiger partial charge on any atom is 0.235 e. The molecule has 3 aromatic heterocycles. The SMILES string of the molecule is Cc1nn(-c2ccccn2)c2c1C(c1cccs1)SCC(=O)N2. The van der Waals surface area contributed by atoms with E-state index in [4.69, 9.17) is 0 Å². The second-order valence-corrected chi connectivity index (χ2v) is 7.27. The highest BCUT2D eigenvalue weighted by atomic mass is 32.2. The van der Waals surface area contributed by atoms with E-state index in [-0.39, 0.29) is 11.2 Å². The molecule has 4 rings (SSSR count). The summed E-state index contributed by atoms with van der Waals surface area (Å²) in [6.07, 6.45) is 1.72. The van der Waals surface area contributed by atoms with Crippen LogP contribution < -0.4 is 5.32 Å². The molecule has 4 heterocycles. The van der Waals surface area contributed by atoms with E-state index in [0.717, 1.165) is 17.1 Å². The predicted molar refractivity (Wildman–Crippen MR) is 93.3 cm³/mol. The maximum absolute atomic E-state index is 12.2. The summed E-state index contributed by atoms with van der Waals surface area (Å²) >= 11 is 3.34. The number of hydrogen-bond donors (Lipinski definition) is 1. The Morgan fingerprint density at radius 2 is 2.22 bits per heavy atom. The molecule has 1 aliphatic heterocycles. The van der Waals surface area contributed by atoms with Gasteiger partial charge in [-0.05, 0) is 30.5 Å². The Kier molecular flexibility index (Phi) is 3.66. The molecule has 0 bridgehead atoms. The number of nitrogens with one attached hydrogen (secondary N) is 1. The van der Waals surface area contributed by atoms with E-state index in [2.05, 4.69) is 26.8 Å². The molecule has 7 heteroatoms. The van der Waals surface area contributed by atoms with E-state index in [1.54, 1.807) is 34.0 Å². The minimum Gasteiger partial charge on any atom is -0.310 e. The smallest absolute Gasteiger partial charge is 0.235 e. The number of thioether (sulfide) groups is 1. The average Bonchev–Trinajstić information content (AvgIpc) is 3.15. The number of pyridine rings is 1. The van der Waals surface area contributed by atoms with Crippen LogP contribution >= 0.6 is 23.1 Å². The number of nitrogens with zero attached hydrogens (tertiary/aromatic N) is 3. The summed E-state index contributed by atoms with van der Waals surface area (Å²) in [5, 5.41) is 9.81. The molecule has 0 aromatic carbocycles. The zero-order valence-corrected chi connectivity index (χ0v) is 14.0. The lowest BCUT2D eigenvalue weighted by molar-refractivity contribution is -0.113. The molecule has 1 amide bonds. The number of anilines is 1. The number of carbonyl (C=O) groups excluding carboxylic acids is 1. The third-order valence-corrected chi connectivity index (χ3v) is 6.01. The zero-order valence-electron chi connectivity index (χ0n) is 12.4. The van der Waals surface area contributed by atoms with Crippen LogP contribution in [0.3, 0.4) is 0 Å². The number of carbonyl (C=O) groups is 1. The van der Waals surface area contributed by atoms with Crippen LogP contribution in [0.5, 0.6) is 0 Å². The summed E-state index contributed by atoms with van der Waals surface area (Å²) in [6.45, 7) is 1.98. The molecule has 1 atom stereocenters. The first kappa shape index (κ1) is 14.5. The van der Waals surface area contributed by atoms with Gasteiger partial charge in [0.25, 0.3) is 0 Å². The zero-order chi connectivity index (χ0) is 15.8. The van der Waals surface area contributed by atoms with Gasteiger partial charge in [0.15, 0.2) is 5.82 Å². The first-order valence-electron chi connectivity index (χ1n) is 7.20. The number of hydrogen-bond acceptors (Lipinski definition) is 5. The summed E-state index contributed by atoms with van der Waals surface area (Å²) in [4.78, 5) is 17.8. The van der Waals surface area contributed by atoms with Gasteiger partial charge in [-0.15, -0.1) is 23.1 Å². The second kappa shape index (κ2) is 5.82. The molecular formula is C16H14N4OS2. The normalized spacial score (nSPS) is 17.4. The van der Waals surface area contributed by atoms with E-state index in [1.807, 2.05) is 31.2 Å². The van der Waals surface area contributed by atoms with Crippen LogP contribution in [0.2, 0.25) is 0 Å². The van der Waals surface area contributed by atoms with Gasteiger partial charge in [-0.3, -0.25) is 4.79 Å². The van der Waals surface area contributed by atoms with E-state index in [9.17, 15) is 4.79 Å². The van der Waals surface area contributed by atoms with Gasteiger partial charge in [-0.1, -0.05) is 12.1 Å². The average molecular weight is 342 g/mol. The fourth-order valence-electron chi connectivity index (χ4n) is 2.69. The van der Waals surface area contributed by atoms with Crippen LogP contribution in [-0.2, 0) is 4.79 Å². The number of aryl methyl sites for hydroxylation is 1. The minimum absolute atomic E-state index is 0.00705. The van der Waals surface area contributed by atoms with Gasteiger partial charge in [0.1, 0.15) is 5.82 Å². The molecule has 0 fully saturated rings. The third kappa shape index (κ3) is 2.55. The molecule has 0 aliphatic carbocycles. The highest BCUT2D eigenvalue weighted by Gasteiger charge is 2.31. The van der Waals surface area contributed by atoms with Crippen molar-refractivity contribution in [2.75, 3.05) is 11.1 Å². The Morgan fingerprint density at radius 3 is 2.96 bits per heavy atom. The van der Waals surface area contributed by atoms with E-state index in [0.29, 0.717) is 11.6 Å². The molecule has 3 aromatic rings. The Hall–Kier alpha value is -2.12. The van der Waals surface area contributed by atoms with Gasteiger partial charge in [0.2, 0.25) is 5.91 Å². The number of thiophene rings is 1. The van der Waals surface area contributed by atoms with Crippen LogP contribution in [0.1, 0.15) is 21.4 Å². The molecule has 0 radical (unpaired) electrons. The van der Waals surface area contributed by atoms with Crippen molar-refractivity contribution in [2.45, 2.75) is 12.2 Å². The van der Waals surface area contributed by atoms with Gasteiger partial charge in [-0.2, -0.15) is 9.78 Å². The van der Waals surface area contributed by atoms with Crippen molar-refractivity contribution < 1.29 is 4.79 Å². The molecule has 0 spiro atoms. The second-order valence-electron chi connectivity index (χ2n) is 5.20. The van der Waals surface area contributed by atoms with Crippen LogP contribution in [-0.4, -0.2) is 26.4 Å². The summed E-state index contributed by atoms with van der Waals surface area (Å²) < 4.78 is 1.73. The van der Waals surface area contributed by atoms with Crippen molar-refractivity contribution in [3.8, 4) is 5.82 Å². The lowest BCUT2D eigenvalue weighted by Gasteiger charge is -2.12. The summed E-state index contributed by atoms with van der Waals surface area (Å²) in [6, 6.07) is 9.81. The molecule has 0 saturated carbocycles. The van der Waals surface area contributed by atoms with Gasteiger partial charge < -0.3 is 5.32 Å². The number of aromatic nitrogens is 3. The molecule has 5 nitrogen and oxygen atoms in total. The molecular weight excluding hydrogens is 328 g/mol. The van der Waals surface area contributed by atoms with Crippen LogP contribution in [0, 0.1) is 6.92 Å². The van der Waals surface area contributed by atoms with Crippen molar-refractivity contribution in [2.24, 2.45) is 0 Å². The van der Waals surface area contributed by atoms with Gasteiger partial charge in [0, 0.05) is 16.6 Å². The third-order valence-electron chi connectivity index (χ3n) is 3.68. The Balaban J connectivity index is 1.91.